The van der Waals surface area contributed by atoms with Crippen molar-refractivity contribution in [2.24, 2.45) is 0 Å². The summed E-state index contributed by atoms with van der Waals surface area (Å²) in [6.45, 7) is 29.4. The topological polar surface area (TPSA) is 36.9 Å². The minimum atomic E-state index is -2.80. The molecule has 0 heterocycles. The van der Waals surface area contributed by atoms with Gasteiger partial charge < -0.3 is 17.1 Å². The van der Waals surface area contributed by atoms with Gasteiger partial charge in [-0.1, -0.05) is 19.1 Å². The Labute approximate surface area is 161 Å². The molecule has 0 rings (SSSR count). The van der Waals surface area contributed by atoms with Crippen LogP contribution in [0, 0.1) is 0 Å². The zero-order valence-corrected chi connectivity index (χ0v) is 22.5. The van der Waals surface area contributed by atoms with Gasteiger partial charge in [-0.3, -0.25) is 0 Å². The van der Waals surface area contributed by atoms with Gasteiger partial charge in [-0.15, -0.1) is 0 Å². The monoisotopic (exact) mass is 422 g/mol. The molecule has 0 aliphatic heterocycles. The Morgan fingerprint density at radius 1 is 0.800 bits per heavy atom. The first kappa shape index (κ1) is 25.4. The van der Waals surface area contributed by atoms with Crippen LogP contribution in [0.5, 0.6) is 0 Å². The fraction of sp³-hybridized carbons (Fsp3) is 0.882. The third-order valence-electron chi connectivity index (χ3n) is 2.99. The van der Waals surface area contributed by atoms with Crippen LogP contribution >= 0.6 is 0 Å². The minimum absolute atomic E-state index is 0.225. The maximum absolute atomic E-state index is 6.75. The summed E-state index contributed by atoms with van der Waals surface area (Å²) in [6.07, 6.45) is 0.888. The van der Waals surface area contributed by atoms with E-state index < -0.39 is 33.8 Å². The van der Waals surface area contributed by atoms with Crippen molar-refractivity contribution in [3.05, 3.63) is 12.2 Å². The Kier molecular flexibility index (Phi) is 9.76. The third kappa shape index (κ3) is 12.5. The molecule has 0 amide bonds. The second kappa shape index (κ2) is 9.58. The Morgan fingerprint density at radius 3 is 1.44 bits per heavy atom. The second-order valence-electron chi connectivity index (χ2n) is 9.95. The summed E-state index contributed by atoms with van der Waals surface area (Å²) in [5, 5.41) is 0. The van der Waals surface area contributed by atoms with E-state index in [0.29, 0.717) is 13.2 Å². The van der Waals surface area contributed by atoms with Gasteiger partial charge in [0.25, 0.3) is 0 Å². The zero-order chi connectivity index (χ0) is 20.1. The number of hydrogen-bond acceptors (Lipinski definition) is 4. The van der Waals surface area contributed by atoms with Crippen LogP contribution in [0.1, 0.15) is 20.3 Å². The lowest BCUT2D eigenvalue weighted by Crippen LogP contribution is -2.62. The van der Waals surface area contributed by atoms with Gasteiger partial charge in [0.15, 0.2) is 25.0 Å². The molecule has 0 fully saturated rings. The zero-order valence-electron chi connectivity index (χ0n) is 18.5. The van der Waals surface area contributed by atoms with Gasteiger partial charge in [0.1, 0.15) is 0 Å². The van der Waals surface area contributed by atoms with Crippen molar-refractivity contribution >= 4 is 33.8 Å². The number of hydrogen-bond donors (Lipinski definition) is 0. The highest BCUT2D eigenvalue weighted by Crippen LogP contribution is 2.36. The van der Waals surface area contributed by atoms with Crippen LogP contribution in [0.3, 0.4) is 0 Å². The van der Waals surface area contributed by atoms with Gasteiger partial charge in [-0.05, 0) is 72.3 Å². The molecule has 0 radical (unpaired) electrons. The molecule has 0 saturated heterocycles. The molecule has 0 aliphatic rings. The average Bonchev–Trinajstić information content (AvgIpc) is 2.26. The fourth-order valence-electron chi connectivity index (χ4n) is 2.33. The van der Waals surface area contributed by atoms with Crippen LogP contribution in [0.2, 0.25) is 64.5 Å². The normalized spacial score (nSPS) is 15.3. The van der Waals surface area contributed by atoms with Gasteiger partial charge in [0, 0.05) is 12.1 Å². The fourth-order valence-corrected chi connectivity index (χ4v) is 17.1. The summed E-state index contributed by atoms with van der Waals surface area (Å²) in [4.78, 5) is 0. The summed E-state index contributed by atoms with van der Waals surface area (Å²) < 4.78 is 26.0. The van der Waals surface area contributed by atoms with Gasteiger partial charge in [-0.25, -0.2) is 0 Å². The largest absolute Gasteiger partial charge is 0.472 e. The Bertz CT molecular complexity index is 381. The van der Waals surface area contributed by atoms with Crippen LogP contribution in [-0.2, 0) is 17.1 Å². The Morgan fingerprint density at radius 2 is 1.16 bits per heavy atom. The Balaban J connectivity index is 5.51. The molecule has 4 nitrogen and oxygen atoms in total. The summed E-state index contributed by atoms with van der Waals surface area (Å²) >= 11 is 0. The predicted octanol–water partition coefficient (Wildman–Crippen LogP) is 5.85. The van der Waals surface area contributed by atoms with E-state index in [1.165, 1.54) is 0 Å². The third-order valence-corrected chi connectivity index (χ3v) is 15.3. The highest BCUT2D eigenvalue weighted by molar-refractivity contribution is 6.90. The molecule has 0 N–H and O–H groups in total. The molecule has 0 aromatic rings. The lowest BCUT2D eigenvalue weighted by atomic mass is 10.3. The SMILES string of the molecule is C=C(C)COCCC(C)[Si](O[Si](C)(C)C)(O[Si](C)(C)C)O[Si](C)(C)C. The van der Waals surface area contributed by atoms with E-state index in [1.54, 1.807) is 0 Å². The van der Waals surface area contributed by atoms with Crippen molar-refractivity contribution in [2.45, 2.75) is 84.7 Å². The number of rotatable bonds is 12. The quantitative estimate of drug-likeness (QED) is 0.224. The van der Waals surface area contributed by atoms with E-state index in [2.05, 4.69) is 72.4 Å². The summed E-state index contributed by atoms with van der Waals surface area (Å²) in [5.74, 6) is 0. The van der Waals surface area contributed by atoms with Crippen LogP contribution < -0.4 is 0 Å². The summed E-state index contributed by atoms with van der Waals surface area (Å²) in [5.41, 5.74) is 1.27. The van der Waals surface area contributed by atoms with Crippen molar-refractivity contribution in [3.8, 4) is 0 Å². The van der Waals surface area contributed by atoms with Crippen molar-refractivity contribution in [2.75, 3.05) is 13.2 Å². The molecular weight excluding hydrogens is 381 g/mol. The van der Waals surface area contributed by atoms with Gasteiger partial charge in [0.05, 0.1) is 6.61 Å². The van der Waals surface area contributed by atoms with E-state index in [4.69, 9.17) is 17.1 Å². The lowest BCUT2D eigenvalue weighted by Gasteiger charge is -2.45. The minimum Gasteiger partial charge on any atom is -0.417 e. The number of ether oxygens (including phenoxy) is 1. The van der Waals surface area contributed by atoms with E-state index in [0.717, 1.165) is 12.0 Å². The van der Waals surface area contributed by atoms with E-state index in [-0.39, 0.29) is 5.54 Å². The molecule has 1 unspecified atom stereocenters. The standard InChI is InChI=1S/C17H42O4Si4/c1-16(2)15-18-14-13-17(3)25(19-22(4,5)6,20-23(7,8)9)21-24(10,11)12/h17H,1,13-15H2,2-12H3. The maximum atomic E-state index is 6.75. The second-order valence-corrected chi connectivity index (χ2v) is 27.3. The first-order valence-corrected chi connectivity index (χ1v) is 21.3. The molecule has 8 heteroatoms. The molecular formula is C17H42O4Si4. The molecule has 1 atom stereocenters. The Hall–Kier alpha value is 0.448. The van der Waals surface area contributed by atoms with Crippen LogP contribution in [-0.4, -0.2) is 47.0 Å². The molecule has 0 aromatic heterocycles. The average molecular weight is 423 g/mol. The van der Waals surface area contributed by atoms with Crippen LogP contribution in [0.25, 0.3) is 0 Å². The molecule has 0 aliphatic carbocycles. The smallest absolute Gasteiger partial charge is 0.417 e. The van der Waals surface area contributed by atoms with Crippen molar-refractivity contribution < 1.29 is 17.1 Å². The highest BCUT2D eigenvalue weighted by Gasteiger charge is 2.53. The van der Waals surface area contributed by atoms with E-state index in [1.807, 2.05) is 6.92 Å². The van der Waals surface area contributed by atoms with Gasteiger partial charge in [0.2, 0.25) is 0 Å². The van der Waals surface area contributed by atoms with Crippen LogP contribution in [0.4, 0.5) is 0 Å². The highest BCUT2D eigenvalue weighted by atomic mass is 28.5. The van der Waals surface area contributed by atoms with E-state index in [9.17, 15) is 0 Å². The van der Waals surface area contributed by atoms with Gasteiger partial charge in [-0.2, -0.15) is 0 Å². The van der Waals surface area contributed by atoms with Gasteiger partial charge >= 0.3 is 8.80 Å². The summed E-state index contributed by atoms with van der Waals surface area (Å²) in [6, 6.07) is 0. The predicted molar refractivity (Wildman–Crippen MR) is 119 cm³/mol. The van der Waals surface area contributed by atoms with Crippen molar-refractivity contribution in [1.29, 1.82) is 0 Å². The molecule has 0 bridgehead atoms. The maximum Gasteiger partial charge on any atom is 0.472 e. The molecule has 150 valence electrons. The molecule has 0 saturated carbocycles. The first-order chi connectivity index (χ1) is 11.0. The molecule has 25 heavy (non-hydrogen) atoms. The lowest BCUT2D eigenvalue weighted by molar-refractivity contribution is 0.143. The molecule has 0 aromatic carbocycles. The van der Waals surface area contributed by atoms with Crippen molar-refractivity contribution in [1.82, 2.24) is 0 Å². The van der Waals surface area contributed by atoms with E-state index >= 15 is 0 Å². The van der Waals surface area contributed by atoms with Crippen molar-refractivity contribution in [3.63, 3.8) is 0 Å². The summed E-state index contributed by atoms with van der Waals surface area (Å²) in [7, 11) is -8.26. The first-order valence-electron chi connectivity index (χ1n) is 9.28. The van der Waals surface area contributed by atoms with Crippen LogP contribution in [0.15, 0.2) is 12.2 Å². The molecule has 0 spiro atoms.